The van der Waals surface area contributed by atoms with E-state index in [-0.39, 0.29) is 5.60 Å². The van der Waals surface area contributed by atoms with Gasteiger partial charge in [-0.1, -0.05) is 12.8 Å². The lowest BCUT2D eigenvalue weighted by atomic mass is 9.76. The van der Waals surface area contributed by atoms with Gasteiger partial charge in [0, 0.05) is 18.4 Å². The fraction of sp³-hybridized carbons (Fsp3) is 1.00. The Kier molecular flexibility index (Phi) is 4.21. The van der Waals surface area contributed by atoms with Crippen molar-refractivity contribution in [2.24, 2.45) is 11.8 Å². The molecular weight excluding hydrogens is 242 g/mol. The molecule has 3 heteroatoms. The average Bonchev–Trinajstić information content (AvgIpc) is 3.03. The van der Waals surface area contributed by atoms with E-state index in [1.165, 1.54) is 56.5 Å². The Hall–Kier alpha value is 0.270. The van der Waals surface area contributed by atoms with E-state index in [1.54, 1.807) is 0 Å². The maximum Gasteiger partial charge on any atom is 0.0783 e. The quantitative estimate of drug-likeness (QED) is 0.851. The minimum Gasteiger partial charge on any atom is -0.374 e. The summed E-state index contributed by atoms with van der Waals surface area (Å²) in [6, 6.07) is 0.749. The first-order valence-electron chi connectivity index (χ1n) is 7.72. The van der Waals surface area contributed by atoms with Crippen LogP contribution in [0.15, 0.2) is 0 Å². The van der Waals surface area contributed by atoms with E-state index in [2.05, 4.69) is 24.1 Å². The number of ether oxygens (including phenoxy) is 1. The van der Waals surface area contributed by atoms with Crippen molar-refractivity contribution in [3.8, 4) is 0 Å². The Morgan fingerprint density at radius 2 is 2.06 bits per heavy atom. The van der Waals surface area contributed by atoms with Crippen LogP contribution in [0.4, 0.5) is 0 Å². The average molecular weight is 269 g/mol. The van der Waals surface area contributed by atoms with Crippen LogP contribution in [0.1, 0.15) is 44.9 Å². The first-order chi connectivity index (χ1) is 8.83. The molecule has 2 heterocycles. The van der Waals surface area contributed by atoms with Crippen LogP contribution >= 0.6 is 11.8 Å². The third-order valence-corrected chi connectivity index (χ3v) is 6.57. The second-order valence-electron chi connectivity index (χ2n) is 6.45. The molecule has 1 saturated carbocycles. The molecule has 3 aliphatic rings. The first-order valence-corrected chi connectivity index (χ1v) is 8.87. The van der Waals surface area contributed by atoms with Crippen LogP contribution in [-0.4, -0.2) is 36.8 Å². The highest BCUT2D eigenvalue weighted by molar-refractivity contribution is 7.99. The molecule has 0 aromatic rings. The van der Waals surface area contributed by atoms with Crippen molar-refractivity contribution in [2.45, 2.75) is 56.6 Å². The van der Waals surface area contributed by atoms with E-state index >= 15 is 0 Å². The highest BCUT2D eigenvalue weighted by atomic mass is 32.2. The van der Waals surface area contributed by atoms with Crippen LogP contribution in [0.25, 0.3) is 0 Å². The van der Waals surface area contributed by atoms with Gasteiger partial charge in [-0.05, 0) is 56.7 Å². The van der Waals surface area contributed by atoms with Gasteiger partial charge in [-0.15, -0.1) is 0 Å². The molecular formula is C15H27NOS. The highest BCUT2D eigenvalue weighted by Crippen LogP contribution is 2.43. The molecule has 18 heavy (non-hydrogen) atoms. The standard InChI is InChI=1S/C15H27NOS/c1-16-14(12-4-2-3-5-12)13-6-8-17-15(10-13)7-9-18-11-15/h12-14,16H,2-11H2,1H3. The van der Waals surface area contributed by atoms with Gasteiger partial charge in [0.25, 0.3) is 0 Å². The summed E-state index contributed by atoms with van der Waals surface area (Å²) in [6.07, 6.45) is 9.67. The van der Waals surface area contributed by atoms with Gasteiger partial charge in [0.05, 0.1) is 5.60 Å². The van der Waals surface area contributed by atoms with Crippen LogP contribution in [0, 0.1) is 11.8 Å². The van der Waals surface area contributed by atoms with E-state index in [9.17, 15) is 0 Å². The van der Waals surface area contributed by atoms with Gasteiger partial charge in [0.1, 0.15) is 0 Å². The fourth-order valence-corrected chi connectivity index (χ4v) is 5.79. The van der Waals surface area contributed by atoms with Crippen LogP contribution in [0.3, 0.4) is 0 Å². The van der Waals surface area contributed by atoms with Crippen molar-refractivity contribution in [2.75, 3.05) is 25.2 Å². The van der Waals surface area contributed by atoms with Crippen LogP contribution < -0.4 is 5.32 Å². The van der Waals surface area contributed by atoms with Crippen molar-refractivity contribution >= 4 is 11.8 Å². The fourth-order valence-electron chi connectivity index (χ4n) is 4.41. The topological polar surface area (TPSA) is 21.3 Å². The summed E-state index contributed by atoms with van der Waals surface area (Å²) >= 11 is 2.09. The van der Waals surface area contributed by atoms with Crippen molar-refractivity contribution in [3.63, 3.8) is 0 Å². The molecule has 2 saturated heterocycles. The SMILES string of the molecule is CNC(C1CCCC1)C1CCOC2(CCSC2)C1. The third-order valence-electron chi connectivity index (χ3n) is 5.35. The van der Waals surface area contributed by atoms with E-state index in [0.29, 0.717) is 0 Å². The van der Waals surface area contributed by atoms with Gasteiger partial charge in [0.15, 0.2) is 0 Å². The van der Waals surface area contributed by atoms with E-state index in [0.717, 1.165) is 24.5 Å². The zero-order valence-electron chi connectivity index (χ0n) is 11.6. The van der Waals surface area contributed by atoms with Crippen molar-refractivity contribution in [3.05, 3.63) is 0 Å². The highest BCUT2D eigenvalue weighted by Gasteiger charge is 2.43. The Bertz CT molecular complexity index is 272. The minimum absolute atomic E-state index is 0.251. The van der Waals surface area contributed by atoms with Crippen molar-refractivity contribution in [1.29, 1.82) is 0 Å². The number of thioether (sulfide) groups is 1. The van der Waals surface area contributed by atoms with Gasteiger partial charge in [-0.25, -0.2) is 0 Å². The molecule has 0 radical (unpaired) electrons. The van der Waals surface area contributed by atoms with Crippen LogP contribution in [-0.2, 0) is 4.74 Å². The summed E-state index contributed by atoms with van der Waals surface area (Å²) in [7, 11) is 2.18. The van der Waals surface area contributed by atoms with Gasteiger partial charge >= 0.3 is 0 Å². The number of nitrogens with one attached hydrogen (secondary N) is 1. The van der Waals surface area contributed by atoms with Gasteiger partial charge in [-0.2, -0.15) is 11.8 Å². The summed E-state index contributed by atoms with van der Waals surface area (Å²) in [6.45, 7) is 0.996. The molecule has 1 N–H and O–H groups in total. The lowest BCUT2D eigenvalue weighted by Crippen LogP contribution is -2.48. The molecule has 2 nitrogen and oxygen atoms in total. The Balaban J connectivity index is 1.66. The maximum atomic E-state index is 6.17. The summed E-state index contributed by atoms with van der Waals surface area (Å²) in [5.41, 5.74) is 0.251. The smallest absolute Gasteiger partial charge is 0.0783 e. The minimum atomic E-state index is 0.251. The normalized spacial score (nSPS) is 39.5. The van der Waals surface area contributed by atoms with Gasteiger partial charge in [0.2, 0.25) is 0 Å². The maximum absolute atomic E-state index is 6.17. The zero-order valence-corrected chi connectivity index (χ0v) is 12.4. The van der Waals surface area contributed by atoms with Gasteiger partial charge in [-0.3, -0.25) is 0 Å². The summed E-state index contributed by atoms with van der Waals surface area (Å²) in [5.74, 6) is 4.33. The van der Waals surface area contributed by atoms with E-state index < -0.39 is 0 Å². The Labute approximate surface area is 116 Å². The Morgan fingerprint density at radius 3 is 2.72 bits per heavy atom. The predicted octanol–water partition coefficient (Wildman–Crippen LogP) is 3.07. The summed E-state index contributed by atoms with van der Waals surface area (Å²) in [5, 5.41) is 3.66. The molecule has 3 unspecified atom stereocenters. The lowest BCUT2D eigenvalue weighted by molar-refractivity contribution is -0.0878. The molecule has 3 atom stereocenters. The molecule has 3 fully saturated rings. The zero-order chi connectivity index (χ0) is 12.4. The molecule has 3 rings (SSSR count). The predicted molar refractivity (Wildman–Crippen MR) is 78.2 cm³/mol. The van der Waals surface area contributed by atoms with E-state index in [1.807, 2.05) is 0 Å². The molecule has 0 aromatic carbocycles. The summed E-state index contributed by atoms with van der Waals surface area (Å²) in [4.78, 5) is 0. The molecule has 2 aliphatic heterocycles. The molecule has 104 valence electrons. The van der Waals surface area contributed by atoms with Crippen LogP contribution in [0.2, 0.25) is 0 Å². The Morgan fingerprint density at radius 1 is 1.22 bits per heavy atom. The lowest BCUT2D eigenvalue weighted by Gasteiger charge is -2.42. The number of hydrogen-bond donors (Lipinski definition) is 1. The second-order valence-corrected chi connectivity index (χ2v) is 7.55. The monoisotopic (exact) mass is 269 g/mol. The van der Waals surface area contributed by atoms with Crippen LogP contribution in [0.5, 0.6) is 0 Å². The number of rotatable bonds is 3. The second kappa shape index (κ2) is 5.72. The molecule has 0 amide bonds. The van der Waals surface area contributed by atoms with Crippen molar-refractivity contribution < 1.29 is 4.74 Å². The largest absolute Gasteiger partial charge is 0.374 e. The molecule has 0 aromatic heterocycles. The van der Waals surface area contributed by atoms with E-state index in [4.69, 9.17) is 4.74 Å². The first kappa shape index (κ1) is 13.3. The third kappa shape index (κ3) is 2.59. The molecule has 0 bridgehead atoms. The number of hydrogen-bond acceptors (Lipinski definition) is 3. The van der Waals surface area contributed by atoms with Crippen molar-refractivity contribution in [1.82, 2.24) is 5.32 Å². The molecule has 1 aliphatic carbocycles. The van der Waals surface area contributed by atoms with Gasteiger partial charge < -0.3 is 10.1 Å². The molecule has 1 spiro atoms. The summed E-state index contributed by atoms with van der Waals surface area (Å²) < 4.78 is 6.17.